The van der Waals surface area contributed by atoms with Gasteiger partial charge in [-0.05, 0) is 31.4 Å². The van der Waals surface area contributed by atoms with E-state index in [0.29, 0.717) is 11.1 Å². The third-order valence-electron chi connectivity index (χ3n) is 5.64. The van der Waals surface area contributed by atoms with Crippen molar-refractivity contribution in [2.24, 2.45) is 11.8 Å². The van der Waals surface area contributed by atoms with Crippen LogP contribution in [0.25, 0.3) is 0 Å². The zero-order valence-electron chi connectivity index (χ0n) is 20.4. The molecule has 1 spiro atoms. The zero-order chi connectivity index (χ0) is 25.3. The maximum atomic E-state index is 12.7. The number of carbonyl (C=O) groups excluding carboxylic acids is 4. The minimum absolute atomic E-state index is 0.0550. The first-order valence-corrected chi connectivity index (χ1v) is 11.3. The summed E-state index contributed by atoms with van der Waals surface area (Å²) in [7, 11) is 0. The molecule has 0 amide bonds. The molecule has 4 atom stereocenters. The number of carbonyl (C=O) groups is 4. The minimum atomic E-state index is -1.07. The highest BCUT2D eigenvalue weighted by Gasteiger charge is 2.68. The molecule has 2 heterocycles. The molecule has 0 radical (unpaired) electrons. The SMILES string of the molecule is CC(=O)OCC1=CO[C@@H](OC(=O)CC(C)(C)OC(C)=O)[C@H]2C1=C[C@@H](OC(=O)CC(C)C)[C@]21CO1. The second-order valence-electron chi connectivity index (χ2n) is 9.80. The average molecular weight is 481 g/mol. The lowest BCUT2D eigenvalue weighted by atomic mass is 9.85. The highest BCUT2D eigenvalue weighted by Crippen LogP contribution is 2.54. The van der Waals surface area contributed by atoms with Gasteiger partial charge in [0.05, 0.1) is 25.2 Å². The van der Waals surface area contributed by atoms with Crippen molar-refractivity contribution < 1.29 is 47.6 Å². The number of hydrogen-bond acceptors (Lipinski definition) is 10. The Morgan fingerprint density at radius 1 is 1.12 bits per heavy atom. The summed E-state index contributed by atoms with van der Waals surface area (Å²) in [5, 5.41) is 0. The van der Waals surface area contributed by atoms with Crippen LogP contribution < -0.4 is 0 Å². The Hall–Kier alpha value is -2.88. The van der Waals surface area contributed by atoms with Crippen molar-refractivity contribution in [1.29, 1.82) is 0 Å². The molecule has 2 aliphatic heterocycles. The molecule has 0 aromatic heterocycles. The molecule has 0 unspecified atom stereocenters. The van der Waals surface area contributed by atoms with Crippen LogP contribution in [0, 0.1) is 11.8 Å². The van der Waals surface area contributed by atoms with Crippen LogP contribution >= 0.6 is 0 Å². The van der Waals surface area contributed by atoms with Gasteiger partial charge < -0.3 is 28.4 Å². The maximum Gasteiger partial charge on any atom is 0.312 e. The van der Waals surface area contributed by atoms with E-state index in [9.17, 15) is 19.2 Å². The van der Waals surface area contributed by atoms with E-state index in [1.54, 1.807) is 19.9 Å². The third kappa shape index (κ3) is 5.97. The van der Waals surface area contributed by atoms with Crippen molar-refractivity contribution in [2.75, 3.05) is 13.2 Å². The third-order valence-corrected chi connectivity index (χ3v) is 5.64. The fraction of sp³-hybridized carbons (Fsp3) is 0.667. The predicted molar refractivity (Wildman–Crippen MR) is 116 cm³/mol. The summed E-state index contributed by atoms with van der Waals surface area (Å²) >= 11 is 0. The second kappa shape index (κ2) is 9.77. The van der Waals surface area contributed by atoms with Gasteiger partial charge in [-0.1, -0.05) is 13.8 Å². The monoisotopic (exact) mass is 480 g/mol. The Labute approximate surface area is 198 Å². The van der Waals surface area contributed by atoms with Gasteiger partial charge >= 0.3 is 23.9 Å². The summed E-state index contributed by atoms with van der Waals surface area (Å²) in [6, 6.07) is 0. The van der Waals surface area contributed by atoms with Crippen LogP contribution in [0.5, 0.6) is 0 Å². The van der Waals surface area contributed by atoms with Crippen molar-refractivity contribution in [3.8, 4) is 0 Å². The lowest BCUT2D eigenvalue weighted by Crippen LogP contribution is -2.45. The maximum absolute atomic E-state index is 12.7. The molecule has 1 saturated heterocycles. The lowest BCUT2D eigenvalue weighted by molar-refractivity contribution is -0.190. The summed E-state index contributed by atoms with van der Waals surface area (Å²) in [6.45, 7) is 9.81. The molecule has 188 valence electrons. The molecular formula is C24H32O10. The first-order chi connectivity index (χ1) is 15.8. The Balaban J connectivity index is 1.81. The van der Waals surface area contributed by atoms with Crippen LogP contribution in [-0.4, -0.2) is 60.7 Å². The Bertz CT molecular complexity index is 909. The van der Waals surface area contributed by atoms with Gasteiger partial charge in [-0.2, -0.15) is 0 Å². The van der Waals surface area contributed by atoms with Gasteiger partial charge in [0.1, 0.15) is 17.8 Å². The summed E-state index contributed by atoms with van der Waals surface area (Å²) in [5.74, 6) is -2.45. The number of esters is 4. The Morgan fingerprint density at radius 2 is 1.79 bits per heavy atom. The van der Waals surface area contributed by atoms with Gasteiger partial charge in [-0.3, -0.25) is 19.2 Å². The molecule has 0 aromatic carbocycles. The topological polar surface area (TPSA) is 127 Å². The fourth-order valence-electron chi connectivity index (χ4n) is 4.25. The van der Waals surface area contributed by atoms with E-state index in [1.165, 1.54) is 20.1 Å². The molecule has 0 aromatic rings. The molecule has 1 fully saturated rings. The molecule has 3 rings (SSSR count). The molecule has 0 bridgehead atoms. The molecule has 34 heavy (non-hydrogen) atoms. The Morgan fingerprint density at radius 3 is 2.35 bits per heavy atom. The molecular weight excluding hydrogens is 448 g/mol. The second-order valence-corrected chi connectivity index (χ2v) is 9.80. The van der Waals surface area contributed by atoms with E-state index in [4.69, 9.17) is 28.4 Å². The lowest BCUT2D eigenvalue weighted by Gasteiger charge is -2.34. The van der Waals surface area contributed by atoms with E-state index in [0.717, 1.165) is 0 Å². The average Bonchev–Trinajstić information content (AvgIpc) is 3.39. The molecule has 0 N–H and O–H groups in total. The Kier molecular flexibility index (Phi) is 7.40. The van der Waals surface area contributed by atoms with Crippen LogP contribution in [-0.2, 0) is 47.6 Å². The first-order valence-electron chi connectivity index (χ1n) is 11.3. The summed E-state index contributed by atoms with van der Waals surface area (Å²) in [5.41, 5.74) is -0.770. The quantitative estimate of drug-likeness (QED) is 0.276. The molecule has 1 aliphatic carbocycles. The van der Waals surface area contributed by atoms with Crippen molar-refractivity contribution in [3.05, 3.63) is 23.5 Å². The molecule has 10 heteroatoms. The smallest absolute Gasteiger partial charge is 0.312 e. The van der Waals surface area contributed by atoms with Crippen LogP contribution in [0.1, 0.15) is 54.4 Å². The van der Waals surface area contributed by atoms with Crippen LogP contribution in [0.4, 0.5) is 0 Å². The normalized spacial score (nSPS) is 27.2. The highest BCUT2D eigenvalue weighted by atomic mass is 16.7. The van der Waals surface area contributed by atoms with Gasteiger partial charge in [0.25, 0.3) is 6.29 Å². The molecule has 0 saturated carbocycles. The van der Waals surface area contributed by atoms with E-state index < -0.39 is 47.4 Å². The predicted octanol–water partition coefficient (Wildman–Crippen LogP) is 2.35. The largest absolute Gasteiger partial charge is 0.461 e. The molecule has 3 aliphatic rings. The van der Waals surface area contributed by atoms with E-state index >= 15 is 0 Å². The van der Waals surface area contributed by atoms with E-state index in [-0.39, 0.29) is 37.9 Å². The van der Waals surface area contributed by atoms with Crippen molar-refractivity contribution >= 4 is 23.9 Å². The number of fused-ring (bicyclic) bond motifs is 2. The van der Waals surface area contributed by atoms with Crippen LogP contribution in [0.15, 0.2) is 23.5 Å². The number of rotatable bonds is 9. The van der Waals surface area contributed by atoms with Crippen molar-refractivity contribution in [2.45, 2.75) is 78.0 Å². The van der Waals surface area contributed by atoms with Gasteiger partial charge in [0, 0.05) is 25.8 Å². The van der Waals surface area contributed by atoms with E-state index in [1.807, 2.05) is 13.8 Å². The summed E-state index contributed by atoms with van der Waals surface area (Å²) in [4.78, 5) is 47.7. The van der Waals surface area contributed by atoms with E-state index in [2.05, 4.69) is 0 Å². The number of hydrogen-bond donors (Lipinski definition) is 0. The minimum Gasteiger partial charge on any atom is -0.461 e. The standard InChI is InChI=1S/C24H32O10/c1-13(2)7-19(27)32-18-8-17-16(10-29-14(3)25)11-30-22(21(17)24(18)12-31-24)33-20(28)9-23(5,6)34-15(4)26/h8,11,13,18,21-22H,7,9-10,12H2,1-6H3/t18-,21-,22+,24-/m1/s1. The summed E-state index contributed by atoms with van der Waals surface area (Å²) < 4.78 is 33.1. The fourth-order valence-corrected chi connectivity index (χ4v) is 4.25. The highest BCUT2D eigenvalue weighted by molar-refractivity contribution is 5.73. The summed E-state index contributed by atoms with van der Waals surface area (Å²) in [6.07, 6.45) is 1.40. The molecule has 10 nitrogen and oxygen atoms in total. The first kappa shape index (κ1) is 25.7. The van der Waals surface area contributed by atoms with Gasteiger partial charge in [-0.25, -0.2) is 0 Å². The van der Waals surface area contributed by atoms with Gasteiger partial charge in [0.2, 0.25) is 0 Å². The zero-order valence-corrected chi connectivity index (χ0v) is 20.4. The van der Waals surface area contributed by atoms with Crippen molar-refractivity contribution in [3.63, 3.8) is 0 Å². The van der Waals surface area contributed by atoms with Crippen LogP contribution in [0.2, 0.25) is 0 Å². The number of epoxide rings is 1. The van der Waals surface area contributed by atoms with Gasteiger partial charge in [0.15, 0.2) is 6.10 Å². The van der Waals surface area contributed by atoms with Crippen LogP contribution in [0.3, 0.4) is 0 Å². The number of ether oxygens (including phenoxy) is 6. The van der Waals surface area contributed by atoms with Gasteiger partial charge in [-0.15, -0.1) is 0 Å². The van der Waals surface area contributed by atoms with Crippen molar-refractivity contribution in [1.82, 2.24) is 0 Å².